The molecule has 1 aliphatic heterocycles. The van der Waals surface area contributed by atoms with Crippen molar-refractivity contribution in [2.45, 2.75) is 0 Å². The first-order valence-corrected chi connectivity index (χ1v) is 10.1. The molecule has 2 aromatic carbocycles. The van der Waals surface area contributed by atoms with Crippen molar-refractivity contribution in [3.8, 4) is 11.3 Å². The highest BCUT2D eigenvalue weighted by atomic mass is 35.5. The molecular formula is C20H9Cl2F2NO2S2. The number of carbonyl (C=O) groups excluding carboxylic acids is 1. The molecule has 1 aromatic heterocycles. The van der Waals surface area contributed by atoms with Crippen LogP contribution in [0.4, 0.5) is 14.5 Å². The quantitative estimate of drug-likeness (QED) is 0.308. The Morgan fingerprint density at radius 1 is 1.07 bits per heavy atom. The van der Waals surface area contributed by atoms with Crippen LogP contribution in [0, 0.1) is 11.6 Å². The zero-order valence-electron chi connectivity index (χ0n) is 14.3. The van der Waals surface area contributed by atoms with Crippen LogP contribution in [-0.4, -0.2) is 10.2 Å². The third kappa shape index (κ3) is 3.96. The summed E-state index contributed by atoms with van der Waals surface area (Å²) < 4.78 is 33.0. The van der Waals surface area contributed by atoms with Gasteiger partial charge in [0, 0.05) is 17.2 Å². The summed E-state index contributed by atoms with van der Waals surface area (Å²) in [7, 11) is 0. The number of rotatable bonds is 3. The van der Waals surface area contributed by atoms with Crippen molar-refractivity contribution in [3.05, 3.63) is 80.9 Å². The number of furan rings is 1. The van der Waals surface area contributed by atoms with Crippen molar-refractivity contribution in [1.82, 2.24) is 0 Å². The van der Waals surface area contributed by atoms with Crippen molar-refractivity contribution in [1.29, 1.82) is 0 Å². The van der Waals surface area contributed by atoms with Gasteiger partial charge in [-0.1, -0.05) is 47.2 Å². The van der Waals surface area contributed by atoms with Crippen LogP contribution in [0.5, 0.6) is 0 Å². The van der Waals surface area contributed by atoms with Gasteiger partial charge in [-0.05, 0) is 42.5 Å². The van der Waals surface area contributed by atoms with Gasteiger partial charge in [-0.15, -0.1) is 0 Å². The molecule has 0 spiro atoms. The second-order valence-corrected chi connectivity index (χ2v) is 8.46. The Balaban J connectivity index is 1.63. The minimum Gasteiger partial charge on any atom is -0.457 e. The average Bonchev–Trinajstić information content (AvgIpc) is 3.21. The molecule has 0 saturated carbocycles. The molecule has 0 bridgehead atoms. The van der Waals surface area contributed by atoms with Crippen molar-refractivity contribution in [3.63, 3.8) is 0 Å². The Morgan fingerprint density at radius 2 is 1.86 bits per heavy atom. The molecule has 1 fully saturated rings. The Kier molecular flexibility index (Phi) is 5.48. The Hall–Kier alpha value is -2.19. The molecule has 1 saturated heterocycles. The van der Waals surface area contributed by atoms with Crippen LogP contribution in [0.25, 0.3) is 17.4 Å². The van der Waals surface area contributed by atoms with E-state index in [2.05, 4.69) is 0 Å². The Labute approximate surface area is 183 Å². The predicted molar refractivity (Wildman–Crippen MR) is 116 cm³/mol. The van der Waals surface area contributed by atoms with Gasteiger partial charge >= 0.3 is 0 Å². The van der Waals surface area contributed by atoms with E-state index in [9.17, 15) is 13.6 Å². The van der Waals surface area contributed by atoms with Gasteiger partial charge < -0.3 is 4.42 Å². The molecule has 1 amide bonds. The minimum atomic E-state index is -0.741. The van der Waals surface area contributed by atoms with Crippen LogP contribution in [0.3, 0.4) is 0 Å². The molecular weight excluding hydrogens is 459 g/mol. The van der Waals surface area contributed by atoms with Crippen LogP contribution < -0.4 is 4.90 Å². The van der Waals surface area contributed by atoms with Gasteiger partial charge in [0.05, 0.1) is 21.2 Å². The summed E-state index contributed by atoms with van der Waals surface area (Å²) in [5.41, 5.74) is 0.544. The molecule has 4 rings (SSSR count). The summed E-state index contributed by atoms with van der Waals surface area (Å²) in [4.78, 5) is 14.5. The summed E-state index contributed by atoms with van der Waals surface area (Å²) in [6.45, 7) is 0. The summed E-state index contributed by atoms with van der Waals surface area (Å²) in [5.74, 6) is -1.25. The number of hydrogen-bond donors (Lipinski definition) is 0. The maximum atomic E-state index is 13.9. The van der Waals surface area contributed by atoms with Gasteiger partial charge in [0.25, 0.3) is 5.91 Å². The van der Waals surface area contributed by atoms with Crippen LogP contribution >= 0.6 is 47.2 Å². The maximum Gasteiger partial charge on any atom is 0.270 e. The van der Waals surface area contributed by atoms with Gasteiger partial charge in [0.1, 0.15) is 23.2 Å². The number of thioether (sulfide) groups is 1. The first kappa shape index (κ1) is 20.1. The Bertz CT molecular complexity index is 1190. The molecule has 0 N–H and O–H groups in total. The Morgan fingerprint density at radius 3 is 2.59 bits per heavy atom. The number of nitrogens with zero attached hydrogens (tertiary/aromatic N) is 1. The second kappa shape index (κ2) is 7.91. The molecule has 0 aliphatic carbocycles. The maximum absolute atomic E-state index is 13.9. The third-order valence-corrected chi connectivity index (χ3v) is 5.88. The summed E-state index contributed by atoms with van der Waals surface area (Å²) in [6.07, 6.45) is 1.51. The zero-order chi connectivity index (χ0) is 20.7. The van der Waals surface area contributed by atoms with Gasteiger partial charge in [-0.3, -0.25) is 9.69 Å². The fourth-order valence-electron chi connectivity index (χ4n) is 2.73. The fourth-order valence-corrected chi connectivity index (χ4v) is 4.49. The number of anilines is 1. The molecule has 29 heavy (non-hydrogen) atoms. The fraction of sp³-hybridized carbons (Fsp3) is 0. The predicted octanol–water partition coefficient (Wildman–Crippen LogP) is 6.94. The van der Waals surface area contributed by atoms with E-state index in [4.69, 9.17) is 39.8 Å². The van der Waals surface area contributed by atoms with Crippen LogP contribution in [-0.2, 0) is 4.79 Å². The lowest BCUT2D eigenvalue weighted by molar-refractivity contribution is -0.113. The summed E-state index contributed by atoms with van der Waals surface area (Å²) in [6, 6.07) is 11.1. The number of amides is 1. The molecule has 0 unspecified atom stereocenters. The number of benzene rings is 2. The van der Waals surface area contributed by atoms with Crippen molar-refractivity contribution in [2.75, 3.05) is 4.90 Å². The first-order chi connectivity index (χ1) is 13.8. The molecule has 3 nitrogen and oxygen atoms in total. The molecule has 0 radical (unpaired) electrons. The van der Waals surface area contributed by atoms with Gasteiger partial charge in [-0.2, -0.15) is 0 Å². The molecule has 146 valence electrons. The SMILES string of the molecule is O=C1/C(=C/c2ccc(-c3ccc(F)cc3F)o2)SC(=S)N1c1ccc(Cl)cc1Cl. The summed E-state index contributed by atoms with van der Waals surface area (Å²) >= 11 is 18.5. The highest BCUT2D eigenvalue weighted by Crippen LogP contribution is 2.40. The number of hydrogen-bond acceptors (Lipinski definition) is 4. The smallest absolute Gasteiger partial charge is 0.270 e. The van der Waals surface area contributed by atoms with Crippen molar-refractivity contribution in [2.24, 2.45) is 0 Å². The topological polar surface area (TPSA) is 33.5 Å². The van der Waals surface area contributed by atoms with E-state index in [1.807, 2.05) is 0 Å². The summed E-state index contributed by atoms with van der Waals surface area (Å²) in [5, 5.41) is 0.734. The van der Waals surface area contributed by atoms with Crippen LogP contribution in [0.1, 0.15) is 5.76 Å². The molecule has 1 aliphatic rings. The van der Waals surface area contributed by atoms with Crippen molar-refractivity contribution < 1.29 is 18.0 Å². The zero-order valence-corrected chi connectivity index (χ0v) is 17.4. The lowest BCUT2D eigenvalue weighted by Crippen LogP contribution is -2.27. The first-order valence-electron chi connectivity index (χ1n) is 8.12. The number of thiocarbonyl (C=S) groups is 1. The van der Waals surface area contributed by atoms with Gasteiger partial charge in [0.15, 0.2) is 4.32 Å². The molecule has 3 aromatic rings. The van der Waals surface area contributed by atoms with E-state index in [0.717, 1.165) is 23.9 Å². The average molecular weight is 468 g/mol. The van der Waals surface area contributed by atoms with Gasteiger partial charge in [0.2, 0.25) is 0 Å². The normalized spacial score (nSPS) is 15.6. The second-order valence-electron chi connectivity index (χ2n) is 5.94. The van der Waals surface area contributed by atoms with Crippen LogP contribution in [0.2, 0.25) is 10.0 Å². The standard InChI is InChI=1S/C20H9Cl2F2NO2S2/c21-10-1-5-16(14(22)7-10)25-19(26)18(29-20(25)28)9-12-3-6-17(27-12)13-4-2-11(23)8-15(13)24/h1-9H/b18-9-. The lowest BCUT2D eigenvalue weighted by atomic mass is 10.1. The minimum absolute atomic E-state index is 0.117. The third-order valence-electron chi connectivity index (χ3n) is 4.04. The number of carbonyl (C=O) groups is 1. The molecule has 2 heterocycles. The highest BCUT2D eigenvalue weighted by Gasteiger charge is 2.34. The largest absolute Gasteiger partial charge is 0.457 e. The highest BCUT2D eigenvalue weighted by molar-refractivity contribution is 8.27. The van der Waals surface area contributed by atoms with E-state index in [1.54, 1.807) is 24.3 Å². The van der Waals surface area contributed by atoms with E-state index < -0.39 is 11.6 Å². The lowest BCUT2D eigenvalue weighted by Gasteiger charge is -2.16. The monoisotopic (exact) mass is 467 g/mol. The van der Waals surface area contributed by atoms with E-state index in [1.165, 1.54) is 23.1 Å². The number of halogens is 4. The van der Waals surface area contributed by atoms with E-state index in [-0.39, 0.29) is 17.2 Å². The van der Waals surface area contributed by atoms with Crippen molar-refractivity contribution >= 4 is 69.2 Å². The van der Waals surface area contributed by atoms with E-state index in [0.29, 0.717) is 30.7 Å². The van der Waals surface area contributed by atoms with Crippen LogP contribution in [0.15, 0.2) is 57.9 Å². The molecule has 0 atom stereocenters. The van der Waals surface area contributed by atoms with E-state index >= 15 is 0 Å². The van der Waals surface area contributed by atoms with Gasteiger partial charge in [-0.25, -0.2) is 8.78 Å². The molecule has 9 heteroatoms.